The van der Waals surface area contributed by atoms with Gasteiger partial charge in [-0.2, -0.15) is 0 Å². The van der Waals surface area contributed by atoms with Crippen molar-refractivity contribution in [2.45, 2.75) is 6.54 Å². The summed E-state index contributed by atoms with van der Waals surface area (Å²) in [7, 11) is 1.63. The van der Waals surface area contributed by atoms with Gasteiger partial charge in [0.15, 0.2) is 0 Å². The molecule has 0 radical (unpaired) electrons. The Bertz CT molecular complexity index is 607. The van der Waals surface area contributed by atoms with Crippen molar-refractivity contribution in [3.63, 3.8) is 0 Å². The second-order valence-electron chi connectivity index (χ2n) is 4.72. The van der Waals surface area contributed by atoms with Crippen LogP contribution >= 0.6 is 0 Å². The Kier molecular flexibility index (Phi) is 6.05. The minimum absolute atomic E-state index is 0.187. The number of carbonyl (C=O) groups excluding carboxylic acids is 1. The number of rotatable bonds is 6. The largest absolute Gasteiger partial charge is 0.497 e. The van der Waals surface area contributed by atoms with Crippen molar-refractivity contribution < 1.29 is 9.53 Å². The zero-order valence-corrected chi connectivity index (χ0v) is 12.6. The summed E-state index contributed by atoms with van der Waals surface area (Å²) in [6, 6.07) is 17.4. The Morgan fingerprint density at radius 3 is 2.45 bits per heavy atom. The van der Waals surface area contributed by atoms with Crippen LogP contribution in [0.3, 0.4) is 0 Å². The Morgan fingerprint density at radius 1 is 1.05 bits per heavy atom. The second kappa shape index (κ2) is 8.52. The molecule has 0 heterocycles. The van der Waals surface area contributed by atoms with E-state index >= 15 is 0 Å². The van der Waals surface area contributed by atoms with Crippen LogP contribution in [0.1, 0.15) is 11.1 Å². The minimum Gasteiger partial charge on any atom is -0.497 e. The minimum atomic E-state index is -0.187. The molecule has 4 heteroatoms. The standard InChI is InChI=1S/C18H20N2O2/c1-22-17-11-9-16(10-12-17)14-20-18(21)19-13-5-8-15-6-3-2-4-7-15/h2-12H,13-14H2,1H3,(H2,19,20,21). The molecule has 0 saturated heterocycles. The van der Waals surface area contributed by atoms with E-state index in [4.69, 9.17) is 4.74 Å². The number of nitrogens with one attached hydrogen (secondary N) is 2. The van der Waals surface area contributed by atoms with Gasteiger partial charge in [-0.15, -0.1) is 0 Å². The third kappa shape index (κ3) is 5.32. The van der Waals surface area contributed by atoms with E-state index in [2.05, 4.69) is 10.6 Å². The van der Waals surface area contributed by atoms with Gasteiger partial charge in [0, 0.05) is 13.1 Å². The van der Waals surface area contributed by atoms with Crippen LogP contribution < -0.4 is 15.4 Å². The number of urea groups is 1. The molecule has 0 atom stereocenters. The number of hydrogen-bond donors (Lipinski definition) is 2. The van der Waals surface area contributed by atoms with Crippen LogP contribution in [0.15, 0.2) is 60.7 Å². The van der Waals surface area contributed by atoms with Gasteiger partial charge in [0.2, 0.25) is 0 Å². The van der Waals surface area contributed by atoms with Crippen LogP contribution in [0.2, 0.25) is 0 Å². The van der Waals surface area contributed by atoms with E-state index in [0.29, 0.717) is 13.1 Å². The first-order chi connectivity index (χ1) is 10.8. The van der Waals surface area contributed by atoms with E-state index in [1.165, 1.54) is 0 Å². The fraction of sp³-hybridized carbons (Fsp3) is 0.167. The highest BCUT2D eigenvalue weighted by atomic mass is 16.5. The Morgan fingerprint density at radius 2 is 1.77 bits per heavy atom. The van der Waals surface area contributed by atoms with E-state index in [1.54, 1.807) is 7.11 Å². The molecule has 0 aliphatic carbocycles. The van der Waals surface area contributed by atoms with Crippen LogP contribution in [-0.2, 0) is 6.54 Å². The van der Waals surface area contributed by atoms with E-state index in [-0.39, 0.29) is 6.03 Å². The molecular weight excluding hydrogens is 276 g/mol. The number of benzene rings is 2. The quantitative estimate of drug-likeness (QED) is 0.860. The summed E-state index contributed by atoms with van der Waals surface area (Å²) in [5.41, 5.74) is 2.14. The van der Waals surface area contributed by atoms with Crippen LogP contribution in [0.5, 0.6) is 5.75 Å². The van der Waals surface area contributed by atoms with Crippen LogP contribution in [-0.4, -0.2) is 19.7 Å². The average molecular weight is 296 g/mol. The molecule has 2 aromatic carbocycles. The molecule has 0 aromatic heterocycles. The fourth-order valence-electron chi connectivity index (χ4n) is 1.90. The number of carbonyl (C=O) groups is 1. The average Bonchev–Trinajstić information content (AvgIpc) is 2.58. The zero-order chi connectivity index (χ0) is 15.6. The SMILES string of the molecule is COc1ccc(CNC(=O)NCC=Cc2ccccc2)cc1. The molecule has 0 aliphatic rings. The van der Waals surface area contributed by atoms with Crippen LogP contribution in [0.25, 0.3) is 6.08 Å². The summed E-state index contributed by atoms with van der Waals surface area (Å²) in [6.45, 7) is 0.974. The number of hydrogen-bond acceptors (Lipinski definition) is 2. The highest BCUT2D eigenvalue weighted by Gasteiger charge is 1.99. The van der Waals surface area contributed by atoms with E-state index in [1.807, 2.05) is 66.7 Å². The summed E-state index contributed by atoms with van der Waals surface area (Å²) in [6.07, 6.45) is 3.89. The maximum atomic E-state index is 11.7. The molecular formula is C18H20N2O2. The molecule has 0 spiro atoms. The number of ether oxygens (including phenoxy) is 1. The van der Waals surface area contributed by atoms with Gasteiger partial charge < -0.3 is 15.4 Å². The summed E-state index contributed by atoms with van der Waals surface area (Å²) in [4.78, 5) is 11.7. The van der Waals surface area contributed by atoms with Crippen molar-refractivity contribution >= 4 is 12.1 Å². The molecule has 2 aromatic rings. The highest BCUT2D eigenvalue weighted by Crippen LogP contribution is 2.10. The maximum absolute atomic E-state index is 11.7. The van der Waals surface area contributed by atoms with Gasteiger partial charge in [0.05, 0.1) is 7.11 Å². The Hall–Kier alpha value is -2.75. The molecule has 0 unspecified atom stereocenters. The van der Waals surface area contributed by atoms with Gasteiger partial charge in [0.1, 0.15) is 5.75 Å². The Balaban J connectivity index is 1.68. The summed E-state index contributed by atoms with van der Waals surface area (Å²) >= 11 is 0. The predicted octanol–water partition coefficient (Wildman–Crippen LogP) is 3.21. The van der Waals surface area contributed by atoms with E-state index in [9.17, 15) is 4.79 Å². The summed E-state index contributed by atoms with van der Waals surface area (Å²) in [5, 5.41) is 5.59. The highest BCUT2D eigenvalue weighted by molar-refractivity contribution is 5.74. The van der Waals surface area contributed by atoms with Crippen molar-refractivity contribution in [1.29, 1.82) is 0 Å². The normalized spacial score (nSPS) is 10.4. The first-order valence-electron chi connectivity index (χ1n) is 7.14. The third-order valence-electron chi connectivity index (χ3n) is 3.10. The molecule has 0 aliphatic heterocycles. The zero-order valence-electron chi connectivity index (χ0n) is 12.6. The monoisotopic (exact) mass is 296 g/mol. The molecule has 2 N–H and O–H groups in total. The topological polar surface area (TPSA) is 50.4 Å². The molecule has 0 saturated carbocycles. The smallest absolute Gasteiger partial charge is 0.315 e. The lowest BCUT2D eigenvalue weighted by atomic mass is 10.2. The van der Waals surface area contributed by atoms with Crippen molar-refractivity contribution in [3.8, 4) is 5.75 Å². The molecule has 2 amide bonds. The third-order valence-corrected chi connectivity index (χ3v) is 3.10. The first kappa shape index (κ1) is 15.6. The van der Waals surface area contributed by atoms with Gasteiger partial charge >= 0.3 is 6.03 Å². The van der Waals surface area contributed by atoms with Crippen molar-refractivity contribution in [3.05, 3.63) is 71.8 Å². The number of methoxy groups -OCH3 is 1. The van der Waals surface area contributed by atoms with E-state index in [0.717, 1.165) is 16.9 Å². The molecule has 0 bridgehead atoms. The van der Waals surface area contributed by atoms with Gasteiger partial charge in [-0.3, -0.25) is 0 Å². The lowest BCUT2D eigenvalue weighted by Crippen LogP contribution is -2.34. The van der Waals surface area contributed by atoms with E-state index < -0.39 is 0 Å². The van der Waals surface area contributed by atoms with Gasteiger partial charge in [-0.25, -0.2) is 4.79 Å². The van der Waals surface area contributed by atoms with Gasteiger partial charge in [-0.05, 0) is 23.3 Å². The lowest BCUT2D eigenvalue weighted by molar-refractivity contribution is 0.241. The lowest BCUT2D eigenvalue weighted by Gasteiger charge is -2.06. The molecule has 114 valence electrons. The van der Waals surface area contributed by atoms with Crippen LogP contribution in [0.4, 0.5) is 4.79 Å². The second-order valence-corrected chi connectivity index (χ2v) is 4.72. The van der Waals surface area contributed by atoms with Gasteiger partial charge in [-0.1, -0.05) is 54.6 Å². The number of amides is 2. The van der Waals surface area contributed by atoms with Crippen molar-refractivity contribution in [2.75, 3.05) is 13.7 Å². The van der Waals surface area contributed by atoms with Gasteiger partial charge in [0.25, 0.3) is 0 Å². The van der Waals surface area contributed by atoms with Crippen molar-refractivity contribution in [2.24, 2.45) is 0 Å². The first-order valence-corrected chi connectivity index (χ1v) is 7.14. The molecule has 2 rings (SSSR count). The Labute approximate surface area is 130 Å². The fourth-order valence-corrected chi connectivity index (χ4v) is 1.90. The molecule has 22 heavy (non-hydrogen) atoms. The maximum Gasteiger partial charge on any atom is 0.315 e. The molecule has 4 nitrogen and oxygen atoms in total. The van der Waals surface area contributed by atoms with Crippen molar-refractivity contribution in [1.82, 2.24) is 10.6 Å². The molecule has 0 fully saturated rings. The predicted molar refractivity (Wildman–Crippen MR) is 88.7 cm³/mol. The summed E-state index contributed by atoms with van der Waals surface area (Å²) in [5.74, 6) is 0.805. The van der Waals surface area contributed by atoms with Crippen LogP contribution in [0, 0.1) is 0 Å². The summed E-state index contributed by atoms with van der Waals surface area (Å²) < 4.78 is 5.09.